The molecule has 1 aromatic carbocycles. The molecule has 0 aliphatic heterocycles. The van der Waals surface area contributed by atoms with E-state index in [0.717, 1.165) is 12.1 Å². The summed E-state index contributed by atoms with van der Waals surface area (Å²) in [4.78, 5) is 11.7. The minimum Gasteiger partial charge on any atom is -0.436 e. The second kappa shape index (κ2) is 5.38. The Morgan fingerprint density at radius 2 is 1.86 bits per heavy atom. The van der Waals surface area contributed by atoms with Gasteiger partial charge in [-0.1, -0.05) is 11.6 Å². The fraction of sp³-hybridized carbons (Fsp3) is 0. The number of ether oxygens (including phenoxy) is 1. The summed E-state index contributed by atoms with van der Waals surface area (Å²) < 4.78 is 31.6. The van der Waals surface area contributed by atoms with Crippen LogP contribution < -0.4 is 4.74 Å². The molecule has 3 rings (SSSR count). The highest BCUT2D eigenvalue weighted by Gasteiger charge is 2.10. The van der Waals surface area contributed by atoms with Crippen molar-refractivity contribution in [3.63, 3.8) is 0 Å². The van der Waals surface area contributed by atoms with Crippen LogP contribution in [0.4, 0.5) is 8.78 Å². The topological polar surface area (TPSA) is 47.9 Å². The van der Waals surface area contributed by atoms with Crippen LogP contribution in [0.1, 0.15) is 0 Å². The summed E-state index contributed by atoms with van der Waals surface area (Å²) in [5, 5.41) is 0.568. The Bertz CT molecular complexity index is 845. The summed E-state index contributed by atoms with van der Waals surface area (Å²) in [5.74, 6) is -1.62. The Labute approximate surface area is 127 Å². The lowest BCUT2D eigenvalue weighted by molar-refractivity contribution is 0.424. The first kappa shape index (κ1) is 13.9. The molecule has 106 valence electrons. The zero-order valence-electron chi connectivity index (χ0n) is 10.1. The van der Waals surface area contributed by atoms with Crippen molar-refractivity contribution in [1.82, 2.24) is 15.0 Å². The number of fused-ring (bicyclic) bond motifs is 1. The van der Waals surface area contributed by atoms with Crippen LogP contribution in [0, 0.1) is 11.6 Å². The standard InChI is InChI=1S/C13H5Cl2F2N3O/c14-12-7-4-11(18-5-9(7)19-13(15)20-12)21-10-2-1-6(16)3-8(10)17/h1-5H. The molecule has 0 amide bonds. The number of rotatable bonds is 2. The number of nitrogens with zero attached hydrogens (tertiary/aromatic N) is 3. The molecule has 0 atom stereocenters. The van der Waals surface area contributed by atoms with Crippen LogP contribution >= 0.6 is 23.2 Å². The summed E-state index contributed by atoms with van der Waals surface area (Å²) in [6, 6.07) is 4.40. The highest BCUT2D eigenvalue weighted by molar-refractivity contribution is 6.35. The first-order valence-electron chi connectivity index (χ1n) is 5.64. The normalized spacial score (nSPS) is 10.9. The van der Waals surface area contributed by atoms with E-state index < -0.39 is 11.6 Å². The zero-order chi connectivity index (χ0) is 15.0. The first-order chi connectivity index (χ1) is 10.0. The molecule has 0 saturated heterocycles. The average molecular weight is 328 g/mol. The fourth-order valence-electron chi connectivity index (χ4n) is 1.68. The van der Waals surface area contributed by atoms with Crippen LogP contribution in [-0.2, 0) is 0 Å². The molecule has 3 aromatic rings. The fourth-order valence-corrected chi connectivity index (χ4v) is 2.13. The number of aromatic nitrogens is 3. The summed E-state index contributed by atoms with van der Waals surface area (Å²) in [6.07, 6.45) is 1.37. The maximum atomic E-state index is 13.5. The Morgan fingerprint density at radius 1 is 1.05 bits per heavy atom. The van der Waals surface area contributed by atoms with Gasteiger partial charge in [-0.25, -0.2) is 23.7 Å². The van der Waals surface area contributed by atoms with Gasteiger partial charge in [0.25, 0.3) is 0 Å². The number of benzene rings is 1. The van der Waals surface area contributed by atoms with E-state index in [-0.39, 0.29) is 22.1 Å². The molecule has 0 radical (unpaired) electrons. The number of halogens is 4. The molecular formula is C13H5Cl2F2N3O. The minimum atomic E-state index is -0.838. The molecule has 0 N–H and O–H groups in total. The molecule has 0 unspecified atom stereocenters. The van der Waals surface area contributed by atoms with E-state index in [1.807, 2.05) is 0 Å². The molecule has 0 aliphatic carbocycles. The molecule has 0 fully saturated rings. The molecular weight excluding hydrogens is 323 g/mol. The number of hydrogen-bond acceptors (Lipinski definition) is 4. The molecule has 0 aliphatic rings. The first-order valence-corrected chi connectivity index (χ1v) is 6.40. The average Bonchev–Trinajstić information content (AvgIpc) is 2.42. The van der Waals surface area contributed by atoms with Gasteiger partial charge >= 0.3 is 0 Å². The predicted octanol–water partition coefficient (Wildman–Crippen LogP) is 4.40. The Morgan fingerprint density at radius 3 is 2.62 bits per heavy atom. The lowest BCUT2D eigenvalue weighted by Crippen LogP contribution is -1.94. The number of hydrogen-bond donors (Lipinski definition) is 0. The van der Waals surface area contributed by atoms with E-state index in [0.29, 0.717) is 17.0 Å². The van der Waals surface area contributed by atoms with Crippen molar-refractivity contribution >= 4 is 34.1 Å². The third-order valence-corrected chi connectivity index (χ3v) is 3.05. The van der Waals surface area contributed by atoms with Crippen molar-refractivity contribution in [1.29, 1.82) is 0 Å². The molecule has 8 heteroatoms. The van der Waals surface area contributed by atoms with Crippen molar-refractivity contribution in [2.24, 2.45) is 0 Å². The molecule has 4 nitrogen and oxygen atoms in total. The van der Waals surface area contributed by atoms with Gasteiger partial charge in [0.15, 0.2) is 11.6 Å². The Hall–Kier alpha value is -2.05. The lowest BCUT2D eigenvalue weighted by Gasteiger charge is -2.07. The third-order valence-electron chi connectivity index (χ3n) is 2.59. The van der Waals surface area contributed by atoms with E-state index in [2.05, 4.69) is 15.0 Å². The van der Waals surface area contributed by atoms with E-state index in [1.54, 1.807) is 0 Å². The van der Waals surface area contributed by atoms with Gasteiger partial charge < -0.3 is 4.74 Å². The number of pyridine rings is 1. The van der Waals surface area contributed by atoms with E-state index in [9.17, 15) is 8.78 Å². The highest BCUT2D eigenvalue weighted by atomic mass is 35.5. The van der Waals surface area contributed by atoms with Crippen LogP contribution in [0.2, 0.25) is 10.4 Å². The monoisotopic (exact) mass is 327 g/mol. The molecule has 2 aromatic heterocycles. The maximum absolute atomic E-state index is 13.5. The van der Waals surface area contributed by atoms with Gasteiger partial charge in [-0.3, -0.25) is 0 Å². The maximum Gasteiger partial charge on any atom is 0.224 e. The van der Waals surface area contributed by atoms with Crippen LogP contribution in [0.25, 0.3) is 10.9 Å². The minimum absolute atomic E-state index is 0.00690. The lowest BCUT2D eigenvalue weighted by atomic mass is 10.3. The van der Waals surface area contributed by atoms with Crippen LogP contribution in [0.5, 0.6) is 11.6 Å². The van der Waals surface area contributed by atoms with Crippen molar-refractivity contribution in [2.45, 2.75) is 0 Å². The summed E-state index contributed by atoms with van der Waals surface area (Å²) in [7, 11) is 0. The van der Waals surface area contributed by atoms with E-state index in [4.69, 9.17) is 27.9 Å². The van der Waals surface area contributed by atoms with E-state index in [1.165, 1.54) is 12.3 Å². The van der Waals surface area contributed by atoms with E-state index >= 15 is 0 Å². The third kappa shape index (κ3) is 2.86. The van der Waals surface area contributed by atoms with Gasteiger partial charge in [-0.15, -0.1) is 0 Å². The molecule has 0 bridgehead atoms. The second-order valence-electron chi connectivity index (χ2n) is 4.00. The SMILES string of the molecule is Fc1ccc(Oc2cc3c(Cl)nc(Cl)nc3cn2)c(F)c1. The summed E-state index contributed by atoms with van der Waals surface area (Å²) >= 11 is 11.6. The molecule has 2 heterocycles. The van der Waals surface area contributed by atoms with Gasteiger partial charge in [0.05, 0.1) is 11.7 Å². The largest absolute Gasteiger partial charge is 0.436 e. The van der Waals surface area contributed by atoms with Crippen molar-refractivity contribution in [3.8, 4) is 11.6 Å². The molecule has 0 saturated carbocycles. The quantitative estimate of drug-likeness (QED) is 0.517. The van der Waals surface area contributed by atoms with Gasteiger partial charge in [0.1, 0.15) is 11.0 Å². The van der Waals surface area contributed by atoms with Gasteiger partial charge in [0.2, 0.25) is 11.2 Å². The zero-order valence-corrected chi connectivity index (χ0v) is 11.7. The highest BCUT2D eigenvalue weighted by Crippen LogP contribution is 2.28. The summed E-state index contributed by atoms with van der Waals surface area (Å²) in [5.41, 5.74) is 0.423. The Balaban J connectivity index is 2.01. The van der Waals surface area contributed by atoms with Crippen LogP contribution in [-0.4, -0.2) is 15.0 Å². The van der Waals surface area contributed by atoms with Crippen LogP contribution in [0.15, 0.2) is 30.5 Å². The van der Waals surface area contributed by atoms with Crippen molar-refractivity contribution < 1.29 is 13.5 Å². The molecule has 21 heavy (non-hydrogen) atoms. The molecule has 0 spiro atoms. The van der Waals surface area contributed by atoms with Crippen molar-refractivity contribution in [3.05, 3.63) is 52.5 Å². The smallest absolute Gasteiger partial charge is 0.224 e. The summed E-state index contributed by atoms with van der Waals surface area (Å²) in [6.45, 7) is 0. The van der Waals surface area contributed by atoms with Gasteiger partial charge in [-0.05, 0) is 23.7 Å². The van der Waals surface area contributed by atoms with Gasteiger partial charge in [-0.2, -0.15) is 0 Å². The van der Waals surface area contributed by atoms with Gasteiger partial charge in [0, 0.05) is 17.5 Å². The second-order valence-corrected chi connectivity index (χ2v) is 4.70. The van der Waals surface area contributed by atoms with Crippen LogP contribution in [0.3, 0.4) is 0 Å². The predicted molar refractivity (Wildman–Crippen MR) is 73.8 cm³/mol. The Kier molecular flexibility index (Phi) is 3.57. The van der Waals surface area contributed by atoms with Crippen molar-refractivity contribution in [2.75, 3.05) is 0 Å².